The number of amides is 1. The van der Waals surface area contributed by atoms with Crippen molar-refractivity contribution in [1.29, 1.82) is 0 Å². The molecule has 0 radical (unpaired) electrons. The van der Waals surface area contributed by atoms with Crippen LogP contribution >= 0.6 is 0 Å². The minimum atomic E-state index is -0.432. The number of nitrogens with one attached hydrogen (secondary N) is 1. The zero-order valence-electron chi connectivity index (χ0n) is 16.5. The molecule has 3 aromatic rings. The Labute approximate surface area is 168 Å². The highest BCUT2D eigenvalue weighted by Crippen LogP contribution is 2.24. The molecule has 0 bridgehead atoms. The molecule has 0 saturated heterocycles. The summed E-state index contributed by atoms with van der Waals surface area (Å²) in [5.41, 5.74) is 2.65. The molecule has 150 valence electrons. The lowest BCUT2D eigenvalue weighted by atomic mass is 10.1. The standard InChI is InChI=1S/C21H22N4O4/c1-4-29-18-11-9-17(10-12-18)22-21(26)19-8-6-5-7-16(19)13-24-15(3)20(25(27)28)14(2)23-24/h5-12H,4,13H2,1-3H3,(H,22,26). The smallest absolute Gasteiger partial charge is 0.312 e. The maximum atomic E-state index is 12.8. The Morgan fingerprint density at radius 1 is 1.17 bits per heavy atom. The molecule has 1 aromatic heterocycles. The molecule has 8 heteroatoms. The number of anilines is 1. The van der Waals surface area contributed by atoms with E-state index in [0.29, 0.717) is 29.2 Å². The van der Waals surface area contributed by atoms with Crippen molar-refractivity contribution in [2.45, 2.75) is 27.3 Å². The summed E-state index contributed by atoms with van der Waals surface area (Å²) < 4.78 is 6.96. The van der Waals surface area contributed by atoms with Gasteiger partial charge in [0.25, 0.3) is 5.91 Å². The van der Waals surface area contributed by atoms with E-state index in [1.807, 2.05) is 19.1 Å². The van der Waals surface area contributed by atoms with Crippen molar-refractivity contribution in [3.05, 3.63) is 81.2 Å². The Kier molecular flexibility index (Phi) is 5.92. The minimum Gasteiger partial charge on any atom is -0.494 e. The first-order valence-electron chi connectivity index (χ1n) is 9.21. The molecular weight excluding hydrogens is 372 g/mol. The molecule has 2 aromatic carbocycles. The molecule has 0 saturated carbocycles. The van der Waals surface area contributed by atoms with Crippen LogP contribution in [0.15, 0.2) is 48.5 Å². The normalized spacial score (nSPS) is 10.6. The third kappa shape index (κ3) is 4.43. The van der Waals surface area contributed by atoms with Crippen molar-refractivity contribution >= 4 is 17.3 Å². The number of benzene rings is 2. The number of nitrogens with zero attached hydrogens (tertiary/aromatic N) is 3. The van der Waals surface area contributed by atoms with Gasteiger partial charge in [-0.1, -0.05) is 18.2 Å². The average Bonchev–Trinajstić information content (AvgIpc) is 2.97. The van der Waals surface area contributed by atoms with Crippen molar-refractivity contribution in [2.24, 2.45) is 0 Å². The molecule has 29 heavy (non-hydrogen) atoms. The van der Waals surface area contributed by atoms with Gasteiger partial charge in [0, 0.05) is 11.3 Å². The summed E-state index contributed by atoms with van der Waals surface area (Å²) in [6.45, 7) is 5.99. The lowest BCUT2D eigenvalue weighted by Crippen LogP contribution is -2.16. The van der Waals surface area contributed by atoms with Gasteiger partial charge in [-0.2, -0.15) is 5.10 Å². The SMILES string of the molecule is CCOc1ccc(NC(=O)c2ccccc2Cn2nc(C)c([N+](=O)[O-])c2C)cc1. The minimum absolute atomic E-state index is 0.00122. The zero-order valence-corrected chi connectivity index (χ0v) is 16.5. The zero-order chi connectivity index (χ0) is 21.0. The van der Waals surface area contributed by atoms with E-state index in [-0.39, 0.29) is 18.1 Å². The molecule has 1 amide bonds. The van der Waals surface area contributed by atoms with Crippen molar-refractivity contribution in [1.82, 2.24) is 9.78 Å². The largest absolute Gasteiger partial charge is 0.494 e. The van der Waals surface area contributed by atoms with Crippen LogP contribution in [0.2, 0.25) is 0 Å². The van der Waals surface area contributed by atoms with Crippen LogP contribution in [0.4, 0.5) is 11.4 Å². The molecule has 1 N–H and O–H groups in total. The van der Waals surface area contributed by atoms with Crippen molar-refractivity contribution in [3.63, 3.8) is 0 Å². The fourth-order valence-electron chi connectivity index (χ4n) is 3.15. The second-order valence-corrected chi connectivity index (χ2v) is 6.50. The third-order valence-corrected chi connectivity index (χ3v) is 4.53. The molecule has 0 aliphatic carbocycles. The summed E-state index contributed by atoms with van der Waals surface area (Å²) >= 11 is 0. The molecule has 1 heterocycles. The van der Waals surface area contributed by atoms with Gasteiger partial charge in [0.15, 0.2) is 0 Å². The Balaban J connectivity index is 1.82. The van der Waals surface area contributed by atoms with Gasteiger partial charge < -0.3 is 10.1 Å². The Morgan fingerprint density at radius 2 is 1.86 bits per heavy atom. The highest BCUT2D eigenvalue weighted by atomic mass is 16.6. The number of carbonyl (C=O) groups excluding carboxylic acids is 1. The van der Waals surface area contributed by atoms with Gasteiger partial charge in [0.1, 0.15) is 17.1 Å². The number of ether oxygens (including phenoxy) is 1. The van der Waals surface area contributed by atoms with Crippen LogP contribution in [0.3, 0.4) is 0 Å². The fourth-order valence-corrected chi connectivity index (χ4v) is 3.15. The Bertz CT molecular complexity index is 1040. The highest BCUT2D eigenvalue weighted by Gasteiger charge is 2.22. The first-order valence-corrected chi connectivity index (χ1v) is 9.21. The van der Waals surface area contributed by atoms with Gasteiger partial charge in [0.2, 0.25) is 0 Å². The van der Waals surface area contributed by atoms with Crippen molar-refractivity contribution < 1.29 is 14.5 Å². The summed E-state index contributed by atoms with van der Waals surface area (Å²) in [4.78, 5) is 23.6. The lowest BCUT2D eigenvalue weighted by molar-refractivity contribution is -0.386. The van der Waals surface area contributed by atoms with Gasteiger partial charge in [-0.25, -0.2) is 0 Å². The first-order chi connectivity index (χ1) is 13.9. The second kappa shape index (κ2) is 8.55. The molecule has 0 atom stereocenters. The van der Waals surface area contributed by atoms with Crippen LogP contribution in [0.1, 0.15) is 34.2 Å². The van der Waals surface area contributed by atoms with Crippen LogP contribution in [0, 0.1) is 24.0 Å². The van der Waals surface area contributed by atoms with E-state index in [1.54, 1.807) is 54.9 Å². The molecule has 0 aliphatic rings. The molecule has 0 aliphatic heterocycles. The number of nitro groups is 1. The monoisotopic (exact) mass is 394 g/mol. The maximum absolute atomic E-state index is 12.8. The van der Waals surface area contributed by atoms with Gasteiger partial charge in [0.05, 0.1) is 18.1 Å². The predicted molar refractivity (Wildman–Crippen MR) is 109 cm³/mol. The summed E-state index contributed by atoms with van der Waals surface area (Å²) in [6, 6.07) is 14.3. The molecule has 0 unspecified atom stereocenters. The van der Waals surface area contributed by atoms with Crippen molar-refractivity contribution in [2.75, 3.05) is 11.9 Å². The summed E-state index contributed by atoms with van der Waals surface area (Å²) in [6.07, 6.45) is 0. The maximum Gasteiger partial charge on any atom is 0.312 e. The number of carbonyl (C=O) groups is 1. The summed E-state index contributed by atoms with van der Waals surface area (Å²) in [5.74, 6) is 0.470. The third-order valence-electron chi connectivity index (χ3n) is 4.53. The van der Waals surface area contributed by atoms with Gasteiger partial charge in [-0.05, 0) is 56.7 Å². The van der Waals surface area contributed by atoms with Crippen LogP contribution in [-0.4, -0.2) is 27.2 Å². The number of hydrogen-bond acceptors (Lipinski definition) is 5. The fraction of sp³-hybridized carbons (Fsp3) is 0.238. The lowest BCUT2D eigenvalue weighted by Gasteiger charge is -2.11. The van der Waals surface area contributed by atoms with Gasteiger partial charge in [-0.15, -0.1) is 0 Å². The Hall–Kier alpha value is -3.68. The number of rotatable bonds is 7. The predicted octanol–water partition coefficient (Wildman–Crippen LogP) is 4.11. The highest BCUT2D eigenvalue weighted by molar-refractivity contribution is 6.05. The summed E-state index contributed by atoms with van der Waals surface area (Å²) in [5, 5.41) is 18.4. The van der Waals surface area contributed by atoms with Gasteiger partial charge in [-0.3, -0.25) is 19.6 Å². The van der Waals surface area contributed by atoms with Crippen molar-refractivity contribution in [3.8, 4) is 5.75 Å². The molecule has 0 spiro atoms. The quantitative estimate of drug-likeness (QED) is 0.480. The Morgan fingerprint density at radius 3 is 2.48 bits per heavy atom. The van der Waals surface area contributed by atoms with Crippen LogP contribution in [0.5, 0.6) is 5.75 Å². The molecule has 8 nitrogen and oxygen atoms in total. The molecule has 0 fully saturated rings. The second-order valence-electron chi connectivity index (χ2n) is 6.50. The topological polar surface area (TPSA) is 99.3 Å². The van der Waals surface area contributed by atoms with E-state index >= 15 is 0 Å². The van der Waals surface area contributed by atoms with E-state index in [1.165, 1.54) is 0 Å². The molecular formula is C21H22N4O4. The average molecular weight is 394 g/mol. The number of hydrogen-bond donors (Lipinski definition) is 1. The van der Waals surface area contributed by atoms with E-state index in [2.05, 4.69) is 10.4 Å². The van der Waals surface area contributed by atoms with Gasteiger partial charge >= 0.3 is 5.69 Å². The summed E-state index contributed by atoms with van der Waals surface area (Å²) in [7, 11) is 0. The number of aromatic nitrogens is 2. The van der Waals surface area contributed by atoms with E-state index in [9.17, 15) is 14.9 Å². The molecule has 3 rings (SSSR count). The van der Waals surface area contributed by atoms with Crippen LogP contribution < -0.4 is 10.1 Å². The van der Waals surface area contributed by atoms with Crippen LogP contribution in [0.25, 0.3) is 0 Å². The first kappa shape index (κ1) is 20.1. The van der Waals surface area contributed by atoms with E-state index < -0.39 is 4.92 Å². The number of aryl methyl sites for hydroxylation is 1. The van der Waals surface area contributed by atoms with E-state index in [0.717, 1.165) is 11.3 Å². The van der Waals surface area contributed by atoms with E-state index in [4.69, 9.17) is 4.74 Å². The van der Waals surface area contributed by atoms with Crippen LogP contribution in [-0.2, 0) is 6.54 Å².